The Morgan fingerprint density at radius 1 is 0.769 bits per heavy atom. The molecule has 1 atom stereocenters. The fourth-order valence-corrected chi connectivity index (χ4v) is 3.50. The van der Waals surface area contributed by atoms with Gasteiger partial charge in [-0.15, -0.1) is 0 Å². The SMILES string of the molecule is CCCCCCCCCCCCCCCCC(O)C(C)(C)S(=O)(=O)[O-].[Na+]. The minimum atomic E-state index is -4.47. The van der Waals surface area contributed by atoms with Gasteiger partial charge in [0.15, 0.2) is 0 Å². The minimum Gasteiger partial charge on any atom is -0.747 e. The maximum absolute atomic E-state index is 11.1. The Labute approximate surface area is 185 Å². The quantitative estimate of drug-likeness (QED) is 0.231. The van der Waals surface area contributed by atoms with Gasteiger partial charge >= 0.3 is 29.6 Å². The van der Waals surface area contributed by atoms with E-state index in [2.05, 4.69) is 6.92 Å². The summed E-state index contributed by atoms with van der Waals surface area (Å²) < 4.78 is 31.8. The van der Waals surface area contributed by atoms with Crippen LogP contribution in [0.15, 0.2) is 0 Å². The number of aliphatic hydroxyl groups is 1. The molecule has 0 spiro atoms. The zero-order valence-corrected chi connectivity index (χ0v) is 20.6. The van der Waals surface area contributed by atoms with Crippen molar-refractivity contribution in [2.24, 2.45) is 0 Å². The van der Waals surface area contributed by atoms with E-state index in [0.717, 1.165) is 19.3 Å². The fourth-order valence-electron chi connectivity index (χ4n) is 3.05. The smallest absolute Gasteiger partial charge is 0.747 e. The second-order valence-electron chi connectivity index (χ2n) is 7.96. The molecule has 4 nitrogen and oxygen atoms in total. The first-order valence-electron chi connectivity index (χ1n) is 10.4. The Morgan fingerprint density at radius 3 is 1.38 bits per heavy atom. The van der Waals surface area contributed by atoms with E-state index in [9.17, 15) is 18.1 Å². The molecule has 0 saturated carbocycles. The van der Waals surface area contributed by atoms with Crippen LogP contribution < -0.4 is 29.6 Å². The van der Waals surface area contributed by atoms with Gasteiger partial charge in [0.2, 0.25) is 0 Å². The van der Waals surface area contributed by atoms with Crippen molar-refractivity contribution in [2.45, 2.75) is 128 Å². The van der Waals surface area contributed by atoms with Gasteiger partial charge in [-0.25, -0.2) is 8.42 Å². The number of unbranched alkanes of at least 4 members (excludes halogenated alkanes) is 13. The molecule has 0 aromatic rings. The molecular formula is C20H41NaO4S. The van der Waals surface area contributed by atoms with Crippen molar-refractivity contribution < 1.29 is 47.6 Å². The van der Waals surface area contributed by atoms with Crippen LogP contribution in [0.2, 0.25) is 0 Å². The van der Waals surface area contributed by atoms with E-state index in [1.165, 1.54) is 84.5 Å². The van der Waals surface area contributed by atoms with Gasteiger partial charge in [-0.05, 0) is 20.3 Å². The molecule has 1 N–H and O–H groups in total. The fraction of sp³-hybridized carbons (Fsp3) is 1.00. The van der Waals surface area contributed by atoms with Crippen LogP contribution in [0.5, 0.6) is 0 Å². The molecule has 0 saturated heterocycles. The predicted octanol–water partition coefficient (Wildman–Crippen LogP) is 2.55. The van der Waals surface area contributed by atoms with E-state index in [1.807, 2.05) is 0 Å². The largest absolute Gasteiger partial charge is 1.00 e. The monoisotopic (exact) mass is 400 g/mol. The zero-order chi connectivity index (χ0) is 19.2. The average molecular weight is 401 g/mol. The molecule has 26 heavy (non-hydrogen) atoms. The van der Waals surface area contributed by atoms with Crippen LogP contribution >= 0.6 is 0 Å². The molecule has 0 aromatic carbocycles. The zero-order valence-electron chi connectivity index (χ0n) is 17.8. The maximum Gasteiger partial charge on any atom is 1.00 e. The second-order valence-corrected chi connectivity index (χ2v) is 9.92. The Balaban J connectivity index is 0. The Kier molecular flexibility index (Phi) is 18.8. The van der Waals surface area contributed by atoms with Crippen molar-refractivity contribution in [3.63, 3.8) is 0 Å². The van der Waals surface area contributed by atoms with Crippen molar-refractivity contribution in [1.82, 2.24) is 0 Å². The molecule has 1 unspecified atom stereocenters. The van der Waals surface area contributed by atoms with Gasteiger partial charge in [0.05, 0.1) is 10.9 Å². The first-order chi connectivity index (χ1) is 11.7. The van der Waals surface area contributed by atoms with Crippen molar-refractivity contribution in [3.8, 4) is 0 Å². The third-order valence-electron chi connectivity index (χ3n) is 5.28. The summed E-state index contributed by atoms with van der Waals surface area (Å²) in [5.74, 6) is 0. The van der Waals surface area contributed by atoms with Crippen molar-refractivity contribution >= 4 is 10.1 Å². The summed E-state index contributed by atoms with van der Waals surface area (Å²) in [6.45, 7) is 4.87. The van der Waals surface area contributed by atoms with Gasteiger partial charge in [-0.1, -0.05) is 96.8 Å². The molecular weight excluding hydrogens is 359 g/mol. The van der Waals surface area contributed by atoms with E-state index in [1.54, 1.807) is 0 Å². The Hall–Kier alpha value is 0.870. The third-order valence-corrected chi connectivity index (χ3v) is 6.84. The normalized spacial score (nSPS) is 13.4. The first kappa shape index (κ1) is 29.1. The van der Waals surface area contributed by atoms with Crippen molar-refractivity contribution in [3.05, 3.63) is 0 Å². The molecule has 0 aliphatic rings. The Bertz CT molecular complexity index is 410. The van der Waals surface area contributed by atoms with E-state index in [4.69, 9.17) is 0 Å². The number of hydrogen-bond donors (Lipinski definition) is 1. The first-order valence-corrected chi connectivity index (χ1v) is 11.8. The van der Waals surface area contributed by atoms with Gasteiger partial charge in [0.1, 0.15) is 10.1 Å². The van der Waals surface area contributed by atoms with Crippen molar-refractivity contribution in [2.75, 3.05) is 0 Å². The summed E-state index contributed by atoms with van der Waals surface area (Å²) >= 11 is 0. The van der Waals surface area contributed by atoms with Crippen LogP contribution in [0, 0.1) is 0 Å². The maximum atomic E-state index is 11.1. The van der Waals surface area contributed by atoms with E-state index in [0.29, 0.717) is 6.42 Å². The molecule has 152 valence electrons. The summed E-state index contributed by atoms with van der Waals surface area (Å²) in [5.41, 5.74) is 0. The molecule has 6 heteroatoms. The van der Waals surface area contributed by atoms with Gasteiger partial charge in [0.25, 0.3) is 0 Å². The minimum absolute atomic E-state index is 0. The van der Waals surface area contributed by atoms with Crippen LogP contribution in [0.4, 0.5) is 0 Å². The van der Waals surface area contributed by atoms with Crippen LogP contribution in [0.1, 0.15) is 117 Å². The standard InChI is InChI=1S/C20H42O4S.Na/c1-4-5-6-7-8-9-10-11-12-13-14-15-16-17-18-19(21)20(2,3)25(22,23)24;/h19,21H,4-18H2,1-3H3,(H,22,23,24);/q;+1/p-1. The van der Waals surface area contributed by atoms with Crippen LogP contribution in [0.25, 0.3) is 0 Å². The second kappa shape index (κ2) is 16.8. The molecule has 0 aliphatic heterocycles. The molecule has 0 radical (unpaired) electrons. The van der Waals surface area contributed by atoms with Crippen molar-refractivity contribution in [1.29, 1.82) is 0 Å². The van der Waals surface area contributed by atoms with Gasteiger partial charge < -0.3 is 9.66 Å². The third kappa shape index (κ3) is 14.0. The Morgan fingerprint density at radius 2 is 1.08 bits per heavy atom. The molecule has 0 amide bonds. The van der Waals surface area contributed by atoms with Crippen LogP contribution in [0.3, 0.4) is 0 Å². The van der Waals surface area contributed by atoms with Gasteiger partial charge in [-0.3, -0.25) is 0 Å². The number of hydrogen-bond acceptors (Lipinski definition) is 4. The molecule has 0 aromatic heterocycles. The summed E-state index contributed by atoms with van der Waals surface area (Å²) in [4.78, 5) is 0. The molecule has 0 rings (SSSR count). The number of rotatable bonds is 17. The van der Waals surface area contributed by atoms with Gasteiger partial charge in [-0.2, -0.15) is 0 Å². The molecule has 0 heterocycles. The van der Waals surface area contributed by atoms with Crippen LogP contribution in [-0.4, -0.2) is 28.9 Å². The topological polar surface area (TPSA) is 77.4 Å². The van der Waals surface area contributed by atoms with Crippen LogP contribution in [-0.2, 0) is 10.1 Å². The summed E-state index contributed by atoms with van der Waals surface area (Å²) in [6, 6.07) is 0. The molecule has 0 bridgehead atoms. The summed E-state index contributed by atoms with van der Waals surface area (Å²) in [7, 11) is -4.47. The summed E-state index contributed by atoms with van der Waals surface area (Å²) in [6.07, 6.45) is 16.9. The average Bonchev–Trinajstić information content (AvgIpc) is 2.53. The predicted molar refractivity (Wildman–Crippen MR) is 105 cm³/mol. The van der Waals surface area contributed by atoms with E-state index >= 15 is 0 Å². The van der Waals surface area contributed by atoms with Gasteiger partial charge in [0, 0.05) is 0 Å². The summed E-state index contributed by atoms with van der Waals surface area (Å²) in [5, 5.41) is 9.92. The molecule has 0 fully saturated rings. The van der Waals surface area contributed by atoms with E-state index < -0.39 is 21.0 Å². The van der Waals surface area contributed by atoms with E-state index in [-0.39, 0.29) is 29.6 Å². The number of aliphatic hydroxyl groups excluding tert-OH is 1. The molecule has 0 aliphatic carbocycles.